The van der Waals surface area contributed by atoms with Gasteiger partial charge in [-0.25, -0.2) is 0 Å². The van der Waals surface area contributed by atoms with E-state index >= 15 is 0 Å². The van der Waals surface area contributed by atoms with Crippen LogP contribution in [-0.2, 0) is 33.1 Å². The molecule has 7 rings (SSSR count). The molecule has 1 aliphatic heterocycles. The molecule has 0 saturated carbocycles. The first-order chi connectivity index (χ1) is 23.4. The second-order valence-electron chi connectivity index (χ2n) is 10.3. The zero-order valence-electron chi connectivity index (χ0n) is 25.3. The lowest BCUT2D eigenvalue weighted by atomic mass is 10.1. The van der Waals surface area contributed by atoms with Crippen LogP contribution in [0, 0.1) is 22.7 Å². The maximum atomic E-state index is 11.2. The predicted molar refractivity (Wildman–Crippen MR) is 167 cm³/mol. The average Bonchev–Trinajstić information content (AvgIpc) is 3.90. The summed E-state index contributed by atoms with van der Waals surface area (Å²) in [6, 6.07) is 21.6. The number of hydrogen-bond acceptors (Lipinski definition) is 15. The highest BCUT2D eigenvalue weighted by Crippen LogP contribution is 2.27. The van der Waals surface area contributed by atoms with Crippen LogP contribution in [-0.4, -0.2) is 62.1 Å². The number of fused-ring (bicyclic) bond motifs is 1. The third-order valence-electron chi connectivity index (χ3n) is 7.07. The van der Waals surface area contributed by atoms with Gasteiger partial charge in [-0.05, 0) is 55.0 Å². The Morgan fingerprint density at radius 1 is 0.833 bits per heavy atom. The van der Waals surface area contributed by atoms with E-state index in [0.29, 0.717) is 35.0 Å². The molecule has 16 nitrogen and oxygen atoms in total. The minimum Gasteiger partial charge on any atom is -0.334 e. The first-order valence-corrected chi connectivity index (χ1v) is 16.0. The lowest BCUT2D eigenvalue weighted by Gasteiger charge is -2.27. The minimum absolute atomic E-state index is 0.000731. The van der Waals surface area contributed by atoms with Crippen LogP contribution in [0.15, 0.2) is 82.1 Å². The van der Waals surface area contributed by atoms with Crippen LogP contribution in [0.25, 0.3) is 34.3 Å². The maximum Gasteiger partial charge on any atom is 0.274 e. The van der Waals surface area contributed by atoms with Crippen molar-refractivity contribution in [3.63, 3.8) is 0 Å². The van der Waals surface area contributed by atoms with E-state index in [4.69, 9.17) is 19.6 Å². The predicted octanol–water partition coefficient (Wildman–Crippen LogP) is 3.76. The normalized spacial score (nSPS) is 12.4. The molecule has 48 heavy (non-hydrogen) atoms. The Kier molecular flexibility index (Phi) is 9.24. The van der Waals surface area contributed by atoms with Gasteiger partial charge in [0.25, 0.3) is 21.9 Å². The standard InChI is InChI=1S/C20H16N8O.C11H9N3O4S/c21-12-14-3-1-4-16(11-14)19-23-17(26-29-19)13-27-9-2-10-28-18(24-25-20(27)28)15-5-7-22-8-6-15;1-17-19(15,16)7-10-13-11(18-14-10)9-4-2-3-8(5-9)6-12/h1,3-8,11H,2,9-10,13H2;2-5H,7H2,1H3. The Labute approximate surface area is 274 Å². The summed E-state index contributed by atoms with van der Waals surface area (Å²) in [7, 11) is -2.63. The highest BCUT2D eigenvalue weighted by atomic mass is 32.2. The number of pyridine rings is 1. The van der Waals surface area contributed by atoms with E-state index in [2.05, 4.69) is 55.2 Å². The Balaban J connectivity index is 0.000000184. The molecule has 2 aromatic carbocycles. The summed E-state index contributed by atoms with van der Waals surface area (Å²) in [5.74, 6) is 2.26. The molecule has 6 aromatic rings. The zero-order valence-corrected chi connectivity index (χ0v) is 26.1. The quantitative estimate of drug-likeness (QED) is 0.212. The molecule has 0 aliphatic carbocycles. The van der Waals surface area contributed by atoms with Crippen molar-refractivity contribution in [2.24, 2.45) is 0 Å². The van der Waals surface area contributed by atoms with Gasteiger partial charge in [-0.2, -0.15) is 28.9 Å². The van der Waals surface area contributed by atoms with E-state index in [1.165, 1.54) is 0 Å². The van der Waals surface area contributed by atoms with Crippen molar-refractivity contribution in [3.8, 4) is 46.4 Å². The van der Waals surface area contributed by atoms with Crippen LogP contribution in [0.3, 0.4) is 0 Å². The minimum atomic E-state index is -3.69. The van der Waals surface area contributed by atoms with Crippen LogP contribution in [0.2, 0.25) is 0 Å². The van der Waals surface area contributed by atoms with E-state index in [9.17, 15) is 8.42 Å². The fourth-order valence-corrected chi connectivity index (χ4v) is 5.37. The lowest BCUT2D eigenvalue weighted by Crippen LogP contribution is -2.32. The van der Waals surface area contributed by atoms with Gasteiger partial charge in [-0.3, -0.25) is 13.7 Å². The summed E-state index contributed by atoms with van der Waals surface area (Å²) in [6.07, 6.45) is 4.47. The molecule has 17 heteroatoms. The summed E-state index contributed by atoms with van der Waals surface area (Å²) < 4.78 is 39.2. The fraction of sp³-hybridized carbons (Fsp3) is 0.194. The molecule has 0 bridgehead atoms. The van der Waals surface area contributed by atoms with Gasteiger partial charge in [0.05, 0.1) is 36.9 Å². The second-order valence-corrected chi connectivity index (χ2v) is 12.0. The van der Waals surface area contributed by atoms with Crippen LogP contribution in [0.5, 0.6) is 0 Å². The second kappa shape index (κ2) is 14.0. The Morgan fingerprint density at radius 3 is 2.08 bits per heavy atom. The SMILES string of the molecule is COS(=O)(=O)Cc1noc(-c2cccc(C#N)c2)n1.N#Cc1cccc(-c2nc(CN3CCCn4c(-c5ccncc5)nnc43)no2)c1. The van der Waals surface area contributed by atoms with Crippen molar-refractivity contribution >= 4 is 16.1 Å². The first kappa shape index (κ1) is 31.7. The van der Waals surface area contributed by atoms with Crippen molar-refractivity contribution in [2.75, 3.05) is 18.6 Å². The largest absolute Gasteiger partial charge is 0.334 e. The van der Waals surface area contributed by atoms with Gasteiger partial charge >= 0.3 is 0 Å². The summed E-state index contributed by atoms with van der Waals surface area (Å²) in [5, 5.41) is 34.3. The summed E-state index contributed by atoms with van der Waals surface area (Å²) in [4.78, 5) is 14.6. The molecule has 240 valence electrons. The van der Waals surface area contributed by atoms with E-state index in [1.807, 2.05) is 24.3 Å². The van der Waals surface area contributed by atoms with E-state index in [0.717, 1.165) is 49.5 Å². The third kappa shape index (κ3) is 7.23. The number of rotatable bonds is 8. The Bertz CT molecular complexity index is 2230. The van der Waals surface area contributed by atoms with Gasteiger partial charge in [0.1, 0.15) is 5.75 Å². The highest BCUT2D eigenvalue weighted by molar-refractivity contribution is 7.85. The molecule has 0 radical (unpaired) electrons. The molecular weight excluding hydrogens is 638 g/mol. The number of nitriles is 2. The van der Waals surface area contributed by atoms with E-state index in [-0.39, 0.29) is 11.7 Å². The van der Waals surface area contributed by atoms with Crippen LogP contribution < -0.4 is 4.90 Å². The highest BCUT2D eigenvalue weighted by Gasteiger charge is 2.25. The molecule has 0 saturated heterocycles. The number of nitrogens with zero attached hydrogens (tertiary/aromatic N) is 11. The van der Waals surface area contributed by atoms with E-state index in [1.54, 1.807) is 54.9 Å². The molecule has 0 spiro atoms. The summed E-state index contributed by atoms with van der Waals surface area (Å²) in [5.41, 5.74) is 3.26. The van der Waals surface area contributed by atoms with Crippen LogP contribution in [0.1, 0.15) is 29.2 Å². The molecule has 1 aliphatic rings. The zero-order chi connectivity index (χ0) is 33.5. The van der Waals surface area contributed by atoms with Gasteiger partial charge in [0.2, 0.25) is 5.95 Å². The molecule has 0 fully saturated rings. The van der Waals surface area contributed by atoms with Gasteiger partial charge in [0.15, 0.2) is 17.5 Å². The van der Waals surface area contributed by atoms with Gasteiger partial charge in [-0.15, -0.1) is 10.2 Å². The topological polar surface area (TPSA) is 216 Å². The number of aromatic nitrogens is 8. The smallest absolute Gasteiger partial charge is 0.274 e. The molecular formula is C31H25N11O5S. The first-order valence-electron chi connectivity index (χ1n) is 14.4. The van der Waals surface area contributed by atoms with Gasteiger partial charge < -0.3 is 13.9 Å². The third-order valence-corrected chi connectivity index (χ3v) is 8.19. The van der Waals surface area contributed by atoms with Crippen LogP contribution >= 0.6 is 0 Å². The fourth-order valence-electron chi connectivity index (χ4n) is 4.82. The summed E-state index contributed by atoms with van der Waals surface area (Å²) in [6.45, 7) is 2.16. The van der Waals surface area contributed by atoms with Crippen molar-refractivity contribution < 1.29 is 21.6 Å². The van der Waals surface area contributed by atoms with Crippen molar-refractivity contribution in [1.82, 2.24) is 40.0 Å². The van der Waals surface area contributed by atoms with Gasteiger partial charge in [0, 0.05) is 42.2 Å². The Hall–Kier alpha value is -6.30. The molecule has 0 unspecified atom stereocenters. The van der Waals surface area contributed by atoms with Crippen LogP contribution in [0.4, 0.5) is 5.95 Å². The number of benzene rings is 2. The maximum absolute atomic E-state index is 11.2. The van der Waals surface area contributed by atoms with Crippen molar-refractivity contribution in [1.29, 1.82) is 10.5 Å². The van der Waals surface area contributed by atoms with Crippen molar-refractivity contribution in [2.45, 2.75) is 25.3 Å². The monoisotopic (exact) mass is 663 g/mol. The molecule has 0 atom stereocenters. The molecule has 0 amide bonds. The molecule has 0 N–H and O–H groups in total. The van der Waals surface area contributed by atoms with Crippen molar-refractivity contribution in [3.05, 3.63) is 95.8 Å². The lowest BCUT2D eigenvalue weighted by molar-refractivity contribution is 0.392. The number of hydrogen-bond donors (Lipinski definition) is 0. The number of anilines is 1. The van der Waals surface area contributed by atoms with E-state index < -0.39 is 15.9 Å². The summed E-state index contributed by atoms with van der Waals surface area (Å²) >= 11 is 0. The molecule has 4 aromatic heterocycles. The average molecular weight is 664 g/mol. The van der Waals surface area contributed by atoms with Gasteiger partial charge in [-0.1, -0.05) is 22.4 Å². The Morgan fingerprint density at radius 2 is 1.46 bits per heavy atom. The molecule has 5 heterocycles.